The fourth-order valence-corrected chi connectivity index (χ4v) is 4.37. The van der Waals surface area contributed by atoms with E-state index in [-0.39, 0.29) is 10.7 Å². The van der Waals surface area contributed by atoms with Gasteiger partial charge in [-0.2, -0.15) is 4.31 Å². The third kappa shape index (κ3) is 2.49. The number of H-pyrrole nitrogens is 1. The summed E-state index contributed by atoms with van der Waals surface area (Å²) in [7, 11) is -3.69. The number of piperidine rings is 1. The molecule has 1 aliphatic rings. The van der Waals surface area contributed by atoms with E-state index in [1.165, 1.54) is 10.4 Å². The summed E-state index contributed by atoms with van der Waals surface area (Å²) in [5, 5.41) is -0.190. The Balaban J connectivity index is 2.13. The van der Waals surface area contributed by atoms with Gasteiger partial charge >= 0.3 is 0 Å². The van der Waals surface area contributed by atoms with Crippen molar-refractivity contribution < 1.29 is 12.8 Å². The van der Waals surface area contributed by atoms with Crippen LogP contribution in [-0.2, 0) is 10.0 Å². The van der Waals surface area contributed by atoms with Crippen LogP contribution < -0.4 is 0 Å². The van der Waals surface area contributed by atoms with E-state index in [0.29, 0.717) is 28.6 Å². The highest BCUT2D eigenvalue weighted by atomic mass is 79.9. The molecule has 1 aromatic carbocycles. The third-order valence-corrected chi connectivity index (χ3v) is 6.47. The number of aromatic amines is 1. The number of fused-ring (bicyclic) bond motifs is 1. The lowest BCUT2D eigenvalue weighted by Crippen LogP contribution is -2.36. The lowest BCUT2D eigenvalue weighted by atomic mass is 10.2. The van der Waals surface area contributed by atoms with Crippen LogP contribution in [0.3, 0.4) is 0 Å². The Bertz CT molecular complexity index is 797. The van der Waals surface area contributed by atoms with Crippen LogP contribution in [0.25, 0.3) is 11.0 Å². The predicted octanol–water partition coefficient (Wildman–Crippen LogP) is 2.95. The minimum absolute atomic E-state index is 0.0445. The molecule has 0 aliphatic carbocycles. The van der Waals surface area contributed by atoms with Gasteiger partial charge in [-0.05, 0) is 47.3 Å². The van der Waals surface area contributed by atoms with Crippen molar-refractivity contribution in [3.8, 4) is 0 Å². The van der Waals surface area contributed by atoms with Crippen molar-refractivity contribution in [2.24, 2.45) is 0 Å². The Morgan fingerprint density at radius 1 is 1.33 bits per heavy atom. The predicted molar refractivity (Wildman–Crippen MR) is 81.1 cm³/mol. The van der Waals surface area contributed by atoms with Crippen LogP contribution in [0.5, 0.6) is 0 Å². The van der Waals surface area contributed by atoms with E-state index in [4.69, 9.17) is 0 Å². The Hall–Kier alpha value is -0.990. The van der Waals surface area contributed by atoms with Gasteiger partial charge in [-0.25, -0.2) is 17.8 Å². The summed E-state index contributed by atoms with van der Waals surface area (Å²) in [6.07, 6.45) is 2.72. The number of halogens is 2. The molecule has 1 aliphatic heterocycles. The highest BCUT2D eigenvalue weighted by Crippen LogP contribution is 2.30. The summed E-state index contributed by atoms with van der Waals surface area (Å²) in [4.78, 5) is 6.73. The van der Waals surface area contributed by atoms with E-state index in [1.807, 2.05) is 0 Å². The van der Waals surface area contributed by atoms with Crippen molar-refractivity contribution in [1.29, 1.82) is 0 Å². The van der Waals surface area contributed by atoms with Gasteiger partial charge in [0.05, 0.1) is 5.52 Å². The summed E-state index contributed by atoms with van der Waals surface area (Å²) in [5.41, 5.74) is 1.11. The van der Waals surface area contributed by atoms with E-state index >= 15 is 0 Å². The Kier molecular flexibility index (Phi) is 3.79. The number of hydrogen-bond donors (Lipinski definition) is 1. The molecule has 8 heteroatoms. The van der Waals surface area contributed by atoms with Crippen LogP contribution >= 0.6 is 15.9 Å². The third-order valence-electron chi connectivity index (χ3n) is 3.72. The molecule has 3 rings (SSSR count). The molecule has 114 valence electrons. The molecule has 0 spiro atoms. The maximum Gasteiger partial charge on any atom is 0.276 e. The van der Waals surface area contributed by atoms with E-state index in [2.05, 4.69) is 25.9 Å². The number of aryl methyl sites for hydroxylation is 1. The van der Waals surface area contributed by atoms with Crippen LogP contribution in [0.4, 0.5) is 4.39 Å². The monoisotopic (exact) mass is 375 g/mol. The summed E-state index contributed by atoms with van der Waals surface area (Å²) >= 11 is 3.34. The first-order chi connectivity index (χ1) is 9.91. The molecule has 1 N–H and O–H groups in total. The summed E-state index contributed by atoms with van der Waals surface area (Å²) in [6, 6.07) is 1.34. The largest absolute Gasteiger partial charge is 0.327 e. The van der Waals surface area contributed by atoms with Crippen molar-refractivity contribution in [3.05, 3.63) is 21.9 Å². The molecule has 5 nitrogen and oxygen atoms in total. The Labute approximate surface area is 130 Å². The fraction of sp³-hybridized carbons (Fsp3) is 0.462. The number of aromatic nitrogens is 2. The quantitative estimate of drug-likeness (QED) is 0.877. The average Bonchev–Trinajstić information content (AvgIpc) is 2.92. The molecule has 1 fully saturated rings. The van der Waals surface area contributed by atoms with Gasteiger partial charge in [0.15, 0.2) is 5.82 Å². The second-order valence-corrected chi connectivity index (χ2v) is 7.87. The molecule has 2 heterocycles. The van der Waals surface area contributed by atoms with Crippen molar-refractivity contribution in [1.82, 2.24) is 14.3 Å². The van der Waals surface area contributed by atoms with Gasteiger partial charge in [0, 0.05) is 17.6 Å². The van der Waals surface area contributed by atoms with Crippen molar-refractivity contribution in [2.75, 3.05) is 13.1 Å². The summed E-state index contributed by atoms with van der Waals surface area (Å²) < 4.78 is 41.1. The fourth-order valence-electron chi connectivity index (χ4n) is 2.55. The first kappa shape index (κ1) is 14.9. The number of benzene rings is 1. The molecular weight excluding hydrogens is 361 g/mol. The molecule has 2 aromatic rings. The zero-order chi connectivity index (χ0) is 15.2. The highest BCUT2D eigenvalue weighted by molar-refractivity contribution is 9.10. The standard InChI is InChI=1S/C13H15BrFN3O2S/c1-8-7-9(15)11-12(10(8)14)17-13(16-11)21(19,20)18-5-3-2-4-6-18/h7H,2-6H2,1H3,(H,16,17). The van der Waals surface area contributed by atoms with Gasteiger partial charge in [0.2, 0.25) is 5.16 Å². The average molecular weight is 376 g/mol. The molecule has 0 atom stereocenters. The van der Waals surface area contributed by atoms with Crippen LogP contribution in [-0.4, -0.2) is 35.8 Å². The first-order valence-corrected chi connectivity index (χ1v) is 8.99. The van der Waals surface area contributed by atoms with Crippen LogP contribution in [0.1, 0.15) is 24.8 Å². The molecule has 1 aromatic heterocycles. The number of rotatable bonds is 2. The van der Waals surface area contributed by atoms with Crippen molar-refractivity contribution in [2.45, 2.75) is 31.3 Å². The maximum atomic E-state index is 14.0. The van der Waals surface area contributed by atoms with Gasteiger partial charge in [0.25, 0.3) is 10.0 Å². The van der Waals surface area contributed by atoms with E-state index in [9.17, 15) is 12.8 Å². The summed E-state index contributed by atoms with van der Waals surface area (Å²) in [6.45, 7) is 2.72. The van der Waals surface area contributed by atoms with Gasteiger partial charge in [-0.15, -0.1) is 0 Å². The smallest absolute Gasteiger partial charge is 0.276 e. The molecular formula is C13H15BrFN3O2S. The van der Waals surface area contributed by atoms with Crippen molar-refractivity contribution in [3.63, 3.8) is 0 Å². The second kappa shape index (κ2) is 5.33. The zero-order valence-corrected chi connectivity index (χ0v) is 13.9. The SMILES string of the molecule is Cc1cc(F)c2nc(S(=O)(=O)N3CCCCC3)[nH]c2c1Br. The molecule has 1 saturated heterocycles. The lowest BCUT2D eigenvalue weighted by Gasteiger charge is -2.24. The van der Waals surface area contributed by atoms with Gasteiger partial charge < -0.3 is 4.98 Å². The first-order valence-electron chi connectivity index (χ1n) is 6.76. The topological polar surface area (TPSA) is 66.1 Å². The number of imidazole rings is 1. The molecule has 21 heavy (non-hydrogen) atoms. The highest BCUT2D eigenvalue weighted by Gasteiger charge is 2.29. The second-order valence-electron chi connectivity index (χ2n) is 5.22. The van der Waals surface area contributed by atoms with Crippen LogP contribution in [0, 0.1) is 12.7 Å². The minimum Gasteiger partial charge on any atom is -0.327 e. The van der Waals surface area contributed by atoms with Gasteiger partial charge in [0.1, 0.15) is 5.52 Å². The van der Waals surface area contributed by atoms with Crippen molar-refractivity contribution >= 4 is 37.0 Å². The van der Waals surface area contributed by atoms with Gasteiger partial charge in [-0.3, -0.25) is 0 Å². The molecule has 0 unspecified atom stereocenters. The molecule has 0 saturated carbocycles. The normalized spacial score (nSPS) is 17.5. The molecule has 0 amide bonds. The van der Waals surface area contributed by atoms with Crippen LogP contribution in [0.2, 0.25) is 0 Å². The minimum atomic E-state index is -3.69. The Morgan fingerprint density at radius 3 is 2.67 bits per heavy atom. The van der Waals surface area contributed by atoms with E-state index in [0.717, 1.165) is 19.3 Å². The lowest BCUT2D eigenvalue weighted by molar-refractivity contribution is 0.344. The number of nitrogens with zero attached hydrogens (tertiary/aromatic N) is 2. The Morgan fingerprint density at radius 2 is 2.00 bits per heavy atom. The number of sulfonamides is 1. The summed E-state index contributed by atoms with van der Waals surface area (Å²) in [5.74, 6) is -0.526. The molecule has 0 bridgehead atoms. The van der Waals surface area contributed by atoms with Crippen LogP contribution in [0.15, 0.2) is 15.7 Å². The number of hydrogen-bond acceptors (Lipinski definition) is 3. The zero-order valence-electron chi connectivity index (χ0n) is 11.5. The maximum absolute atomic E-state index is 14.0. The van der Waals surface area contributed by atoms with E-state index in [1.54, 1.807) is 6.92 Å². The van der Waals surface area contributed by atoms with E-state index < -0.39 is 15.8 Å². The molecule has 0 radical (unpaired) electrons. The number of nitrogens with one attached hydrogen (secondary N) is 1. The van der Waals surface area contributed by atoms with Gasteiger partial charge in [-0.1, -0.05) is 6.42 Å².